The Balaban J connectivity index is 2.44. The van der Waals surface area contributed by atoms with E-state index in [1.165, 1.54) is 25.2 Å². The molecule has 12 heteroatoms. The number of carbonyl (C=O) groups is 3. The van der Waals surface area contributed by atoms with Gasteiger partial charge in [0.2, 0.25) is 12.2 Å². The Morgan fingerprint density at radius 1 is 1.13 bits per heavy atom. The molecule has 1 aliphatic rings. The third kappa shape index (κ3) is 5.29. The Morgan fingerprint density at radius 3 is 2.29 bits per heavy atom. The number of aromatic carboxylic acids is 1. The molecule has 31 heavy (non-hydrogen) atoms. The van der Waals surface area contributed by atoms with Gasteiger partial charge in [0.05, 0.1) is 12.2 Å². The molecule has 1 heterocycles. The van der Waals surface area contributed by atoms with Gasteiger partial charge in [-0.2, -0.15) is 0 Å². The highest BCUT2D eigenvalue weighted by Gasteiger charge is 2.45. The summed E-state index contributed by atoms with van der Waals surface area (Å²) in [7, 11) is 1.25. The van der Waals surface area contributed by atoms with Crippen molar-refractivity contribution in [3.8, 4) is 5.75 Å². The number of rotatable bonds is 8. The predicted molar refractivity (Wildman–Crippen MR) is 101 cm³/mol. The number of benzene rings is 1. The Labute approximate surface area is 176 Å². The van der Waals surface area contributed by atoms with Crippen LogP contribution in [0.3, 0.4) is 0 Å². The molecular formula is C19H25NO11. The highest BCUT2D eigenvalue weighted by Crippen LogP contribution is 2.30. The maximum absolute atomic E-state index is 11.7. The second kappa shape index (κ2) is 10.0. The summed E-state index contributed by atoms with van der Waals surface area (Å²) in [6.07, 6.45) is -8.41. The van der Waals surface area contributed by atoms with E-state index in [0.717, 1.165) is 11.8 Å². The van der Waals surface area contributed by atoms with Crippen molar-refractivity contribution in [1.29, 1.82) is 0 Å². The second-order valence-electron chi connectivity index (χ2n) is 7.09. The third-order valence-corrected chi connectivity index (χ3v) is 5.10. The largest absolute Gasteiger partial charge is 0.480 e. The summed E-state index contributed by atoms with van der Waals surface area (Å²) in [5.74, 6) is -3.50. The molecule has 12 nitrogen and oxygen atoms in total. The highest BCUT2D eigenvalue weighted by molar-refractivity contribution is 5.91. The molecule has 1 saturated heterocycles. The first-order chi connectivity index (χ1) is 14.5. The lowest BCUT2D eigenvalue weighted by Crippen LogP contribution is -2.60. The van der Waals surface area contributed by atoms with Gasteiger partial charge in [-0.25, -0.2) is 9.59 Å². The van der Waals surface area contributed by atoms with E-state index in [1.807, 2.05) is 0 Å². The average Bonchev–Trinajstić information content (AvgIpc) is 2.71. The van der Waals surface area contributed by atoms with Gasteiger partial charge in [-0.1, -0.05) is 6.07 Å². The molecule has 1 amide bonds. The van der Waals surface area contributed by atoms with Crippen LogP contribution in [0.5, 0.6) is 5.75 Å². The molecule has 1 aromatic rings. The summed E-state index contributed by atoms with van der Waals surface area (Å²) in [6, 6.07) is 2.41. The molecule has 172 valence electrons. The van der Waals surface area contributed by atoms with Crippen molar-refractivity contribution in [1.82, 2.24) is 4.90 Å². The number of carboxylic acids is 2. The van der Waals surface area contributed by atoms with Crippen LogP contribution < -0.4 is 4.74 Å². The third-order valence-electron chi connectivity index (χ3n) is 5.10. The van der Waals surface area contributed by atoms with Gasteiger partial charge in [-0.15, -0.1) is 0 Å². The number of amides is 1. The Hall–Kier alpha value is -2.77. The summed E-state index contributed by atoms with van der Waals surface area (Å²) < 4.78 is 10.8. The molecule has 0 aliphatic carbocycles. The Bertz CT molecular complexity index is 827. The number of hydrogen-bond acceptors (Lipinski definition) is 9. The van der Waals surface area contributed by atoms with Crippen LogP contribution in [0.25, 0.3) is 0 Å². The number of nitrogens with zero attached hydrogens (tertiary/aromatic N) is 1. The molecule has 0 saturated carbocycles. The van der Waals surface area contributed by atoms with Crippen molar-refractivity contribution in [3.05, 3.63) is 29.3 Å². The molecule has 1 aliphatic heterocycles. The number of likely N-dealkylation sites (N-methyl/N-ethyl adjacent to an activating group) is 1. The van der Waals surface area contributed by atoms with Crippen LogP contribution in [0.2, 0.25) is 0 Å². The van der Waals surface area contributed by atoms with Crippen molar-refractivity contribution >= 4 is 17.8 Å². The van der Waals surface area contributed by atoms with Gasteiger partial charge in [0.15, 0.2) is 0 Å². The first-order valence-corrected chi connectivity index (χ1v) is 9.28. The highest BCUT2D eigenvalue weighted by atomic mass is 16.7. The van der Waals surface area contributed by atoms with Gasteiger partial charge in [-0.3, -0.25) is 4.79 Å². The molecule has 6 N–H and O–H groups in total. The smallest absolute Gasteiger partial charge is 0.336 e. The van der Waals surface area contributed by atoms with E-state index in [-0.39, 0.29) is 16.9 Å². The first-order valence-electron chi connectivity index (χ1n) is 9.28. The fourth-order valence-electron chi connectivity index (χ4n) is 3.18. The number of aliphatic carboxylic acids is 1. The number of aliphatic hydroxyl groups excluding tert-OH is 4. The minimum atomic E-state index is -1.76. The molecular weight excluding hydrogens is 418 g/mol. The number of ether oxygens (including phenoxy) is 2. The van der Waals surface area contributed by atoms with Crippen LogP contribution in [0.4, 0.5) is 0 Å². The van der Waals surface area contributed by atoms with Crippen molar-refractivity contribution in [2.24, 2.45) is 0 Å². The first kappa shape index (κ1) is 24.5. The number of carbonyl (C=O) groups excluding carboxylic acids is 1. The van der Waals surface area contributed by atoms with Crippen LogP contribution in [0.1, 0.15) is 22.8 Å². The number of aliphatic hydroxyl groups is 4. The summed E-state index contributed by atoms with van der Waals surface area (Å²) in [6.45, 7) is 0.460. The maximum Gasteiger partial charge on any atom is 0.336 e. The van der Waals surface area contributed by atoms with Gasteiger partial charge in [0, 0.05) is 26.0 Å². The van der Waals surface area contributed by atoms with Gasteiger partial charge >= 0.3 is 11.9 Å². The van der Waals surface area contributed by atoms with Crippen molar-refractivity contribution in [3.63, 3.8) is 0 Å². The Kier molecular flexibility index (Phi) is 7.92. The normalized spacial score (nSPS) is 26.7. The molecule has 1 fully saturated rings. The molecule has 0 spiro atoms. The molecule has 0 radical (unpaired) electrons. The minimum absolute atomic E-state index is 0.0903. The van der Waals surface area contributed by atoms with Crippen molar-refractivity contribution in [2.45, 2.75) is 50.1 Å². The number of hydrogen-bond donors (Lipinski definition) is 6. The summed E-state index contributed by atoms with van der Waals surface area (Å²) >= 11 is 0. The fraction of sp³-hybridized carbons (Fsp3) is 0.526. The number of carboxylic acid groups (broad SMARTS) is 2. The van der Waals surface area contributed by atoms with Crippen LogP contribution in [-0.2, 0) is 20.7 Å². The molecule has 2 rings (SSSR count). The van der Waals surface area contributed by atoms with E-state index in [0.29, 0.717) is 0 Å². The fourth-order valence-corrected chi connectivity index (χ4v) is 3.18. The zero-order chi connectivity index (χ0) is 23.5. The monoisotopic (exact) mass is 443 g/mol. The average molecular weight is 443 g/mol. The van der Waals surface area contributed by atoms with Crippen molar-refractivity contribution < 1.29 is 54.5 Å². The van der Waals surface area contributed by atoms with Gasteiger partial charge in [-0.05, 0) is 12.1 Å². The molecule has 6 atom stereocenters. The van der Waals surface area contributed by atoms with E-state index in [1.54, 1.807) is 0 Å². The summed E-state index contributed by atoms with van der Waals surface area (Å²) in [5, 5.41) is 58.3. The van der Waals surface area contributed by atoms with E-state index in [4.69, 9.17) is 9.47 Å². The second-order valence-corrected chi connectivity index (χ2v) is 7.09. The zero-order valence-corrected chi connectivity index (χ0v) is 16.8. The van der Waals surface area contributed by atoms with Gasteiger partial charge < -0.3 is 45.0 Å². The molecule has 0 aromatic heterocycles. The van der Waals surface area contributed by atoms with Gasteiger partial charge in [0.25, 0.3) is 0 Å². The lowest BCUT2D eigenvalue weighted by atomic mass is 9.97. The predicted octanol–water partition coefficient (Wildman–Crippen LogP) is -1.96. The Morgan fingerprint density at radius 2 is 1.77 bits per heavy atom. The zero-order valence-electron chi connectivity index (χ0n) is 16.8. The topological polar surface area (TPSA) is 194 Å². The van der Waals surface area contributed by atoms with Crippen molar-refractivity contribution in [2.75, 3.05) is 13.7 Å². The summed E-state index contributed by atoms with van der Waals surface area (Å²) in [4.78, 5) is 36.0. The molecule has 0 unspecified atom stereocenters. The quantitative estimate of drug-likeness (QED) is 0.261. The molecule has 0 bridgehead atoms. The maximum atomic E-state index is 11.7. The lowest BCUT2D eigenvalue weighted by molar-refractivity contribution is -0.277. The van der Waals surface area contributed by atoms with Crippen LogP contribution in [0.15, 0.2) is 18.2 Å². The van der Waals surface area contributed by atoms with E-state index in [9.17, 15) is 45.0 Å². The van der Waals surface area contributed by atoms with E-state index < -0.39 is 67.6 Å². The van der Waals surface area contributed by atoms with Crippen LogP contribution in [-0.4, -0.2) is 104 Å². The van der Waals surface area contributed by atoms with Crippen LogP contribution >= 0.6 is 0 Å². The van der Waals surface area contributed by atoms with E-state index in [2.05, 4.69) is 0 Å². The van der Waals surface area contributed by atoms with Crippen LogP contribution in [0, 0.1) is 0 Å². The minimum Gasteiger partial charge on any atom is -0.480 e. The van der Waals surface area contributed by atoms with Gasteiger partial charge in [0.1, 0.15) is 36.2 Å². The standard InChI is InChI=1S/C19H25NO11/c1-8(22)20(2)11(18(28)29)6-10-9(17(26)27)4-3-5-12(10)30-19-16(25)15(24)14(23)13(7-21)31-19/h3-5,11,13-16,19,21,23-25H,6-7H2,1-2H3,(H,26,27)(H,28,29)/t11-,13+,14+,15-,16+,19+/m0/s1. The SMILES string of the molecule is CC(=O)N(C)[C@@H](Cc1c(O[C@@H]2O[C@H](CO)[C@@H](O)[C@H](O)[C@H]2O)cccc1C(=O)O)C(=O)O. The summed E-state index contributed by atoms with van der Waals surface area (Å²) in [5.41, 5.74) is -0.391. The van der Waals surface area contributed by atoms with E-state index >= 15 is 0 Å². The molecule has 1 aromatic carbocycles. The lowest BCUT2D eigenvalue weighted by Gasteiger charge is -2.39.